The molecule has 3 rings (SSSR count). The molecule has 1 fully saturated rings. The van der Waals surface area contributed by atoms with Gasteiger partial charge in [-0.25, -0.2) is 4.98 Å². The van der Waals surface area contributed by atoms with Gasteiger partial charge in [0.1, 0.15) is 0 Å². The quantitative estimate of drug-likeness (QED) is 0.872. The molecule has 0 unspecified atom stereocenters. The fraction of sp³-hybridized carbons (Fsp3) is 0.429. The molecule has 2 aromatic rings. The Morgan fingerprint density at radius 3 is 3.05 bits per heavy atom. The number of nitrogens with zero attached hydrogens (tertiary/aromatic N) is 2. The smallest absolute Gasteiger partial charge is 0.258 e. The third-order valence-electron chi connectivity index (χ3n) is 3.58. The Hall–Kier alpha value is -2.44. The highest BCUT2D eigenvalue weighted by molar-refractivity contribution is 6.06. The minimum atomic E-state index is -0.210. The van der Waals surface area contributed by atoms with E-state index >= 15 is 0 Å². The first-order valence-corrected chi connectivity index (χ1v) is 6.86. The summed E-state index contributed by atoms with van der Waals surface area (Å²) < 4.78 is 5.11. The molecular formula is C14H16N4O3. The predicted molar refractivity (Wildman–Crippen MR) is 74.8 cm³/mol. The Morgan fingerprint density at radius 1 is 1.52 bits per heavy atom. The Labute approximate surface area is 121 Å². The summed E-state index contributed by atoms with van der Waals surface area (Å²) in [7, 11) is 0. The van der Waals surface area contributed by atoms with Crippen LogP contribution in [-0.2, 0) is 4.79 Å². The van der Waals surface area contributed by atoms with E-state index in [1.807, 2.05) is 0 Å². The first kappa shape index (κ1) is 13.5. The van der Waals surface area contributed by atoms with Crippen molar-refractivity contribution in [3.05, 3.63) is 23.0 Å². The van der Waals surface area contributed by atoms with Crippen LogP contribution in [0, 0.1) is 13.8 Å². The molecule has 7 heteroatoms. The number of hydrogen-bond acceptors (Lipinski definition) is 5. The molecule has 2 N–H and O–H groups in total. The molecule has 2 amide bonds. The van der Waals surface area contributed by atoms with Crippen LogP contribution in [0.25, 0.3) is 11.1 Å². The molecule has 110 valence electrons. The van der Waals surface area contributed by atoms with Gasteiger partial charge in [-0.1, -0.05) is 5.16 Å². The first-order valence-electron chi connectivity index (χ1n) is 6.86. The molecule has 1 saturated heterocycles. The molecule has 0 spiro atoms. The second kappa shape index (κ2) is 5.16. The lowest BCUT2D eigenvalue weighted by Crippen LogP contribution is -2.38. The molecule has 0 radical (unpaired) electrons. The number of fused-ring (bicyclic) bond motifs is 1. The highest BCUT2D eigenvalue weighted by Crippen LogP contribution is 2.21. The largest absolute Gasteiger partial charge is 0.352 e. The molecule has 0 aromatic carbocycles. The van der Waals surface area contributed by atoms with Crippen LogP contribution in [0.4, 0.5) is 0 Å². The van der Waals surface area contributed by atoms with Crippen LogP contribution < -0.4 is 10.6 Å². The van der Waals surface area contributed by atoms with E-state index in [9.17, 15) is 9.59 Å². The van der Waals surface area contributed by atoms with Gasteiger partial charge in [-0.15, -0.1) is 0 Å². The Bertz CT molecular complexity index is 722. The minimum absolute atomic E-state index is 0.00319. The van der Waals surface area contributed by atoms with Crippen molar-refractivity contribution < 1.29 is 14.1 Å². The fourth-order valence-electron chi connectivity index (χ4n) is 2.54. The summed E-state index contributed by atoms with van der Waals surface area (Å²) >= 11 is 0. The zero-order chi connectivity index (χ0) is 15.0. The third kappa shape index (κ3) is 2.58. The highest BCUT2D eigenvalue weighted by atomic mass is 16.5. The van der Waals surface area contributed by atoms with Gasteiger partial charge in [0.2, 0.25) is 5.91 Å². The Kier molecular flexibility index (Phi) is 3.32. The average molecular weight is 288 g/mol. The number of aromatic nitrogens is 2. The fourth-order valence-corrected chi connectivity index (χ4v) is 2.54. The van der Waals surface area contributed by atoms with E-state index in [2.05, 4.69) is 20.8 Å². The van der Waals surface area contributed by atoms with Gasteiger partial charge in [-0.2, -0.15) is 0 Å². The lowest BCUT2D eigenvalue weighted by atomic mass is 10.1. The van der Waals surface area contributed by atoms with Gasteiger partial charge in [0.25, 0.3) is 11.6 Å². The average Bonchev–Trinajstić information content (AvgIpc) is 3.02. The van der Waals surface area contributed by atoms with Crippen molar-refractivity contribution in [1.82, 2.24) is 20.8 Å². The number of nitrogens with one attached hydrogen (secondary N) is 2. The van der Waals surface area contributed by atoms with E-state index < -0.39 is 0 Å². The molecule has 1 aliphatic heterocycles. The van der Waals surface area contributed by atoms with Gasteiger partial charge in [-0.3, -0.25) is 9.59 Å². The molecular weight excluding hydrogens is 272 g/mol. The standard InChI is InChI=1S/C14H16N4O3/c1-7-5-10(12-8(2)18-21-14(12)16-7)13(20)15-6-9-3-4-11(19)17-9/h5,9H,3-4,6H2,1-2H3,(H,15,20)(H,17,19)/t9-/m0/s1. The van der Waals surface area contributed by atoms with Crippen molar-refractivity contribution in [3.8, 4) is 0 Å². The predicted octanol–water partition coefficient (Wildman–Crippen LogP) is 0.848. The lowest BCUT2D eigenvalue weighted by Gasteiger charge is -2.12. The maximum absolute atomic E-state index is 12.4. The van der Waals surface area contributed by atoms with Crippen LogP contribution in [0.15, 0.2) is 10.6 Å². The van der Waals surface area contributed by atoms with Crippen molar-refractivity contribution in [2.45, 2.75) is 32.7 Å². The second-order valence-corrected chi connectivity index (χ2v) is 5.27. The maximum atomic E-state index is 12.4. The monoisotopic (exact) mass is 288 g/mol. The molecule has 1 atom stereocenters. The maximum Gasteiger partial charge on any atom is 0.258 e. The van der Waals surface area contributed by atoms with Gasteiger partial charge in [-0.05, 0) is 26.3 Å². The van der Waals surface area contributed by atoms with E-state index in [-0.39, 0.29) is 17.9 Å². The molecule has 0 bridgehead atoms. The number of rotatable bonds is 3. The molecule has 3 heterocycles. The summed E-state index contributed by atoms with van der Waals surface area (Å²) in [5.74, 6) is -0.177. The molecule has 7 nitrogen and oxygen atoms in total. The molecule has 0 aliphatic carbocycles. The van der Waals surface area contributed by atoms with Gasteiger partial charge in [0, 0.05) is 24.7 Å². The van der Waals surface area contributed by atoms with Crippen molar-refractivity contribution in [3.63, 3.8) is 0 Å². The Balaban J connectivity index is 1.81. The summed E-state index contributed by atoms with van der Waals surface area (Å²) in [6.07, 6.45) is 1.26. The molecule has 1 aliphatic rings. The zero-order valence-corrected chi connectivity index (χ0v) is 11.9. The van der Waals surface area contributed by atoms with Gasteiger partial charge < -0.3 is 15.2 Å². The van der Waals surface area contributed by atoms with Crippen molar-refractivity contribution in [1.29, 1.82) is 0 Å². The van der Waals surface area contributed by atoms with Crippen molar-refractivity contribution in [2.24, 2.45) is 0 Å². The summed E-state index contributed by atoms with van der Waals surface area (Å²) in [6.45, 7) is 3.99. The SMILES string of the molecule is Cc1cc(C(=O)NC[C@@H]2CCC(=O)N2)c2c(C)noc2n1. The molecule has 2 aromatic heterocycles. The van der Waals surface area contributed by atoms with Gasteiger partial charge in [0.15, 0.2) is 0 Å². The van der Waals surface area contributed by atoms with Crippen LogP contribution in [0.1, 0.15) is 34.6 Å². The summed E-state index contributed by atoms with van der Waals surface area (Å²) in [5.41, 5.74) is 2.20. The second-order valence-electron chi connectivity index (χ2n) is 5.27. The van der Waals surface area contributed by atoms with Crippen LogP contribution in [0.5, 0.6) is 0 Å². The van der Waals surface area contributed by atoms with Gasteiger partial charge in [0.05, 0.1) is 16.6 Å². The van der Waals surface area contributed by atoms with E-state index in [0.29, 0.717) is 41.0 Å². The normalized spacial score (nSPS) is 18.0. The van der Waals surface area contributed by atoms with Crippen LogP contribution in [-0.4, -0.2) is 34.5 Å². The third-order valence-corrected chi connectivity index (χ3v) is 3.58. The number of carbonyl (C=O) groups is 2. The number of hydrogen-bond donors (Lipinski definition) is 2. The summed E-state index contributed by atoms with van der Waals surface area (Å²) in [4.78, 5) is 27.7. The number of pyridine rings is 1. The van der Waals surface area contributed by atoms with Crippen LogP contribution in [0.2, 0.25) is 0 Å². The van der Waals surface area contributed by atoms with E-state index in [4.69, 9.17) is 4.52 Å². The Morgan fingerprint density at radius 2 is 2.33 bits per heavy atom. The molecule has 21 heavy (non-hydrogen) atoms. The van der Waals surface area contributed by atoms with Crippen LogP contribution >= 0.6 is 0 Å². The summed E-state index contributed by atoms with van der Waals surface area (Å²) in [5, 5.41) is 10.2. The number of carbonyl (C=O) groups excluding carboxylic acids is 2. The van der Waals surface area contributed by atoms with E-state index in [1.54, 1.807) is 19.9 Å². The number of aryl methyl sites for hydroxylation is 2. The highest BCUT2D eigenvalue weighted by Gasteiger charge is 2.22. The molecule has 0 saturated carbocycles. The minimum Gasteiger partial charge on any atom is -0.352 e. The number of amides is 2. The van der Waals surface area contributed by atoms with Crippen molar-refractivity contribution >= 4 is 22.9 Å². The van der Waals surface area contributed by atoms with E-state index in [0.717, 1.165) is 6.42 Å². The van der Waals surface area contributed by atoms with E-state index in [1.165, 1.54) is 0 Å². The van der Waals surface area contributed by atoms with Gasteiger partial charge >= 0.3 is 0 Å². The zero-order valence-electron chi connectivity index (χ0n) is 11.9. The lowest BCUT2D eigenvalue weighted by molar-refractivity contribution is -0.119. The summed E-state index contributed by atoms with van der Waals surface area (Å²) in [6, 6.07) is 1.72. The van der Waals surface area contributed by atoms with Crippen molar-refractivity contribution in [2.75, 3.05) is 6.54 Å². The topological polar surface area (TPSA) is 97.1 Å². The van der Waals surface area contributed by atoms with Crippen LogP contribution in [0.3, 0.4) is 0 Å². The first-order chi connectivity index (χ1) is 10.0.